The van der Waals surface area contributed by atoms with Crippen LogP contribution < -0.4 is 5.32 Å². The van der Waals surface area contributed by atoms with Gasteiger partial charge in [0.25, 0.3) is 6.41 Å². The van der Waals surface area contributed by atoms with Crippen LogP contribution >= 0.6 is 0 Å². The summed E-state index contributed by atoms with van der Waals surface area (Å²) in [5.74, 6) is -0.901. The molecular formula is C17H31NO6. The summed E-state index contributed by atoms with van der Waals surface area (Å²) in [5.41, 5.74) is 0. The first-order chi connectivity index (χ1) is 11.2. The van der Waals surface area contributed by atoms with Crippen molar-refractivity contribution >= 4 is 18.3 Å². The Bertz CT molecular complexity index is 395. The van der Waals surface area contributed by atoms with Crippen molar-refractivity contribution in [3.63, 3.8) is 0 Å². The van der Waals surface area contributed by atoms with Crippen molar-refractivity contribution in [3.8, 4) is 0 Å². The predicted molar refractivity (Wildman–Crippen MR) is 88.4 cm³/mol. The Labute approximate surface area is 144 Å². The molecule has 24 heavy (non-hydrogen) atoms. The molecule has 0 fully saturated rings. The number of hydrogen-bond donors (Lipinski definition) is 1. The van der Waals surface area contributed by atoms with Crippen LogP contribution in [0.25, 0.3) is 0 Å². The Balaban J connectivity index is 4.62. The normalized spacial score (nSPS) is 13.7. The van der Waals surface area contributed by atoms with Gasteiger partial charge in [0.05, 0.1) is 5.92 Å². The summed E-state index contributed by atoms with van der Waals surface area (Å²) in [4.78, 5) is 34.2. The number of rotatable bonds is 12. The molecule has 1 amide bonds. The number of carbonyl (C=O) groups is 3. The van der Waals surface area contributed by atoms with Gasteiger partial charge in [-0.2, -0.15) is 0 Å². The van der Waals surface area contributed by atoms with Crippen molar-refractivity contribution in [1.29, 1.82) is 0 Å². The maximum absolute atomic E-state index is 11.8. The van der Waals surface area contributed by atoms with Gasteiger partial charge in [0.2, 0.25) is 12.7 Å². The van der Waals surface area contributed by atoms with E-state index in [1.807, 2.05) is 0 Å². The quantitative estimate of drug-likeness (QED) is 0.332. The maximum Gasteiger partial charge on any atom is 0.310 e. The van der Waals surface area contributed by atoms with Gasteiger partial charge in [0.15, 0.2) is 0 Å². The summed E-state index contributed by atoms with van der Waals surface area (Å²) in [6.07, 6.45) is -0.0187. The minimum absolute atomic E-state index is 0.178. The Kier molecular flexibility index (Phi) is 11.0. The van der Waals surface area contributed by atoms with Crippen LogP contribution in [0.4, 0.5) is 0 Å². The molecule has 1 unspecified atom stereocenters. The first-order valence-electron chi connectivity index (χ1n) is 8.42. The van der Waals surface area contributed by atoms with Gasteiger partial charge in [-0.25, -0.2) is 0 Å². The fourth-order valence-corrected chi connectivity index (χ4v) is 1.68. The molecule has 0 aliphatic carbocycles. The molecular weight excluding hydrogens is 314 g/mol. The summed E-state index contributed by atoms with van der Waals surface area (Å²) in [6, 6.07) is 0. The lowest BCUT2D eigenvalue weighted by Crippen LogP contribution is -2.41. The van der Waals surface area contributed by atoms with Crippen LogP contribution in [-0.2, 0) is 28.6 Å². The second-order valence-corrected chi connectivity index (χ2v) is 6.73. The van der Waals surface area contributed by atoms with E-state index in [1.165, 1.54) is 0 Å². The minimum Gasteiger partial charge on any atom is -0.435 e. The van der Waals surface area contributed by atoms with Gasteiger partial charge >= 0.3 is 11.9 Å². The zero-order chi connectivity index (χ0) is 18.7. The Hall–Kier alpha value is -1.63. The number of carbonyl (C=O) groups excluding carboxylic acids is 3. The monoisotopic (exact) mass is 345 g/mol. The Morgan fingerprint density at radius 2 is 1.67 bits per heavy atom. The summed E-state index contributed by atoms with van der Waals surface area (Å²) in [6.45, 7) is 11.1. The van der Waals surface area contributed by atoms with Crippen molar-refractivity contribution in [2.45, 2.75) is 73.5 Å². The van der Waals surface area contributed by atoms with Gasteiger partial charge in [-0.05, 0) is 12.3 Å². The van der Waals surface area contributed by atoms with Crippen LogP contribution in [0, 0.1) is 17.8 Å². The molecule has 0 bridgehead atoms. The Morgan fingerprint density at radius 3 is 2.12 bits per heavy atom. The van der Waals surface area contributed by atoms with E-state index in [4.69, 9.17) is 14.2 Å². The number of hydrogen-bond acceptors (Lipinski definition) is 6. The van der Waals surface area contributed by atoms with E-state index < -0.39 is 24.6 Å². The lowest BCUT2D eigenvalue weighted by atomic mass is 10.1. The van der Waals surface area contributed by atoms with E-state index in [2.05, 4.69) is 19.2 Å². The smallest absolute Gasteiger partial charge is 0.310 e. The molecule has 0 spiro atoms. The van der Waals surface area contributed by atoms with Crippen molar-refractivity contribution < 1.29 is 28.6 Å². The first-order valence-corrected chi connectivity index (χ1v) is 8.42. The van der Waals surface area contributed by atoms with Crippen molar-refractivity contribution in [1.82, 2.24) is 5.32 Å². The molecule has 0 heterocycles. The fourth-order valence-electron chi connectivity index (χ4n) is 1.68. The average Bonchev–Trinajstić information content (AvgIpc) is 2.45. The third kappa shape index (κ3) is 10.2. The second kappa shape index (κ2) is 11.8. The standard InChI is InChI=1S/C17H31NO6/c1-11(2)8-7-9-14(20)22-17(18-10-19)24-16(13(5)6)23-15(21)12(3)4/h10-13,16-17H,7-9H2,1-6H3,(H,18,19)/t16-,17?/m0/s1. The summed E-state index contributed by atoms with van der Waals surface area (Å²) in [7, 11) is 0. The van der Waals surface area contributed by atoms with E-state index in [1.54, 1.807) is 27.7 Å². The number of amides is 1. The highest BCUT2D eigenvalue weighted by Gasteiger charge is 2.26. The van der Waals surface area contributed by atoms with Gasteiger partial charge in [-0.3, -0.25) is 24.4 Å². The summed E-state index contributed by atoms with van der Waals surface area (Å²) < 4.78 is 15.8. The van der Waals surface area contributed by atoms with Crippen LogP contribution in [0.5, 0.6) is 0 Å². The van der Waals surface area contributed by atoms with Gasteiger partial charge in [-0.15, -0.1) is 0 Å². The summed E-state index contributed by atoms with van der Waals surface area (Å²) in [5, 5.41) is 2.26. The maximum atomic E-state index is 11.8. The fraction of sp³-hybridized carbons (Fsp3) is 0.824. The number of ether oxygens (including phenoxy) is 3. The van der Waals surface area contributed by atoms with Crippen molar-refractivity contribution in [2.24, 2.45) is 17.8 Å². The molecule has 0 aliphatic rings. The van der Waals surface area contributed by atoms with Gasteiger partial charge in [0, 0.05) is 12.3 Å². The van der Waals surface area contributed by atoms with Crippen LogP contribution in [-0.4, -0.2) is 31.1 Å². The largest absolute Gasteiger partial charge is 0.435 e. The van der Waals surface area contributed by atoms with Crippen LogP contribution in [0.1, 0.15) is 60.8 Å². The molecule has 0 aromatic heterocycles. The molecule has 1 N–H and O–H groups in total. The molecule has 7 heteroatoms. The molecule has 0 radical (unpaired) electrons. The molecule has 0 saturated heterocycles. The number of esters is 2. The SMILES string of the molecule is CC(C)CCCC(=O)OC(NC=O)O[C@H](OC(=O)C(C)C)C(C)C. The molecule has 0 aromatic rings. The van der Waals surface area contributed by atoms with E-state index in [-0.39, 0.29) is 18.3 Å². The third-order valence-electron chi connectivity index (χ3n) is 3.11. The van der Waals surface area contributed by atoms with Crippen LogP contribution in [0.2, 0.25) is 0 Å². The molecule has 7 nitrogen and oxygen atoms in total. The lowest BCUT2D eigenvalue weighted by Gasteiger charge is -2.26. The molecule has 140 valence electrons. The molecule has 0 aromatic carbocycles. The zero-order valence-corrected chi connectivity index (χ0v) is 15.5. The van der Waals surface area contributed by atoms with E-state index in [0.29, 0.717) is 18.7 Å². The molecule has 2 atom stereocenters. The third-order valence-corrected chi connectivity index (χ3v) is 3.11. The first kappa shape index (κ1) is 22.4. The van der Waals surface area contributed by atoms with Crippen molar-refractivity contribution in [3.05, 3.63) is 0 Å². The van der Waals surface area contributed by atoms with Crippen LogP contribution in [0.15, 0.2) is 0 Å². The second-order valence-electron chi connectivity index (χ2n) is 6.73. The van der Waals surface area contributed by atoms with E-state index in [0.717, 1.165) is 6.42 Å². The molecule has 0 saturated carbocycles. The van der Waals surface area contributed by atoms with Gasteiger partial charge < -0.3 is 9.47 Å². The van der Waals surface area contributed by atoms with Gasteiger partial charge in [0.1, 0.15) is 0 Å². The van der Waals surface area contributed by atoms with Crippen molar-refractivity contribution in [2.75, 3.05) is 0 Å². The van der Waals surface area contributed by atoms with E-state index >= 15 is 0 Å². The minimum atomic E-state index is -1.29. The Morgan fingerprint density at radius 1 is 1.04 bits per heavy atom. The topological polar surface area (TPSA) is 90.9 Å². The highest BCUT2D eigenvalue weighted by molar-refractivity contribution is 5.71. The highest BCUT2D eigenvalue weighted by atomic mass is 16.8. The summed E-state index contributed by atoms with van der Waals surface area (Å²) >= 11 is 0. The predicted octanol–water partition coefficient (Wildman–Crippen LogP) is 2.58. The van der Waals surface area contributed by atoms with E-state index in [9.17, 15) is 14.4 Å². The van der Waals surface area contributed by atoms with Crippen LogP contribution in [0.3, 0.4) is 0 Å². The number of nitrogens with one attached hydrogen (secondary N) is 1. The van der Waals surface area contributed by atoms with Gasteiger partial charge in [-0.1, -0.05) is 48.0 Å². The molecule has 0 aliphatic heterocycles. The lowest BCUT2D eigenvalue weighted by molar-refractivity contribution is -0.255. The zero-order valence-electron chi connectivity index (χ0n) is 15.5. The highest BCUT2D eigenvalue weighted by Crippen LogP contribution is 2.14. The molecule has 0 rings (SSSR count). The average molecular weight is 345 g/mol.